The number of carbonyl (C=O) groups is 4. The molecule has 1 unspecified atom stereocenters. The van der Waals surface area contributed by atoms with Crippen LogP contribution >= 0.6 is 11.8 Å². The maximum atomic E-state index is 13.6. The van der Waals surface area contributed by atoms with Crippen LogP contribution in [0.1, 0.15) is 20.3 Å². The third kappa shape index (κ3) is 4.45. The van der Waals surface area contributed by atoms with Crippen molar-refractivity contribution in [1.29, 1.82) is 0 Å². The van der Waals surface area contributed by atoms with Gasteiger partial charge in [0.15, 0.2) is 0 Å². The summed E-state index contributed by atoms with van der Waals surface area (Å²) in [5, 5.41) is 15.0. The van der Waals surface area contributed by atoms with Crippen LogP contribution in [0.4, 0.5) is 8.78 Å². The molecular formula is C20H29F2N5O5S. The Labute approximate surface area is 194 Å². The Morgan fingerprint density at radius 3 is 2.58 bits per heavy atom. The molecule has 0 aromatic carbocycles. The Morgan fingerprint density at radius 2 is 2.03 bits per heavy atom. The van der Waals surface area contributed by atoms with E-state index in [1.165, 1.54) is 28.5 Å². The molecule has 3 amide bonds. The highest BCUT2D eigenvalue weighted by Gasteiger charge is 2.61. The first kappa shape index (κ1) is 25.4. The Morgan fingerprint density at radius 1 is 1.39 bits per heavy atom. The topological polar surface area (TPSA) is 145 Å². The molecule has 0 saturated carbocycles. The Hall–Kier alpha value is -2.25. The number of likely N-dealkylation sites (N-methyl/N-ethyl adjacent to an activating group) is 1. The van der Waals surface area contributed by atoms with Gasteiger partial charge in [0.2, 0.25) is 11.8 Å². The van der Waals surface area contributed by atoms with Gasteiger partial charge in [-0.1, -0.05) is 6.92 Å². The summed E-state index contributed by atoms with van der Waals surface area (Å²) < 4.78 is 27.1. The number of carboxylic acid groups (broad SMARTS) is 1. The first-order valence-corrected chi connectivity index (χ1v) is 11.5. The van der Waals surface area contributed by atoms with Gasteiger partial charge in [0, 0.05) is 42.8 Å². The van der Waals surface area contributed by atoms with Crippen molar-refractivity contribution in [2.24, 2.45) is 17.6 Å². The standard InChI is InChI=1S/C20H29F2N5O5S/c1-8-13-12(9(2)25-19(32)20(21,22)7-23)17(29)27(13)14(18(30)31)15(8)33-10-5-11(24-6-10)16(28)26(3)4/h8-13,24H,5-7,23H2,1-4H3,(H,25,32)(H,30,31)/t8-,9?,10+,11+,12-,13-/m1/s1. The van der Waals surface area contributed by atoms with Crippen molar-refractivity contribution in [3.05, 3.63) is 10.6 Å². The molecule has 0 bridgehead atoms. The van der Waals surface area contributed by atoms with Crippen LogP contribution < -0.4 is 16.4 Å². The predicted octanol–water partition coefficient (Wildman–Crippen LogP) is -0.590. The van der Waals surface area contributed by atoms with E-state index in [1.54, 1.807) is 21.0 Å². The van der Waals surface area contributed by atoms with Crippen molar-refractivity contribution >= 4 is 35.5 Å². The number of carboxylic acids is 1. The second kappa shape index (κ2) is 9.18. The number of halogens is 2. The number of thioether (sulfide) groups is 1. The number of hydrogen-bond acceptors (Lipinski definition) is 7. The molecular weight excluding hydrogens is 460 g/mol. The van der Waals surface area contributed by atoms with E-state index in [-0.39, 0.29) is 28.8 Å². The molecule has 0 aromatic rings. The van der Waals surface area contributed by atoms with Gasteiger partial charge in [-0.3, -0.25) is 14.4 Å². The van der Waals surface area contributed by atoms with Gasteiger partial charge in [-0.05, 0) is 13.3 Å². The average Bonchev–Trinajstić information content (AvgIpc) is 3.29. The molecule has 0 spiro atoms. The van der Waals surface area contributed by atoms with E-state index in [2.05, 4.69) is 10.6 Å². The lowest BCUT2D eigenvalue weighted by atomic mass is 9.78. The number of β-lactam (4-membered cyclic amide) rings is 1. The van der Waals surface area contributed by atoms with E-state index in [0.29, 0.717) is 17.9 Å². The maximum absolute atomic E-state index is 13.6. The minimum absolute atomic E-state index is 0.0667. The molecule has 3 rings (SSSR count). The van der Waals surface area contributed by atoms with E-state index in [9.17, 15) is 33.1 Å². The lowest BCUT2D eigenvalue weighted by Crippen LogP contribution is -2.67. The molecule has 3 aliphatic rings. The zero-order chi connectivity index (χ0) is 24.8. The molecule has 6 atom stereocenters. The number of amides is 3. The van der Waals surface area contributed by atoms with Gasteiger partial charge in [-0.15, -0.1) is 11.8 Å². The molecule has 10 nitrogen and oxygen atoms in total. The van der Waals surface area contributed by atoms with E-state index in [0.717, 1.165) is 0 Å². The zero-order valence-electron chi connectivity index (χ0n) is 18.8. The summed E-state index contributed by atoms with van der Waals surface area (Å²) in [5.74, 6) is -8.39. The van der Waals surface area contributed by atoms with Crippen LogP contribution in [0.3, 0.4) is 0 Å². The molecule has 2 saturated heterocycles. The molecule has 0 aliphatic carbocycles. The molecule has 184 valence electrons. The third-order valence-corrected chi connectivity index (χ3v) is 7.91. The monoisotopic (exact) mass is 489 g/mol. The SMILES string of the molecule is CC(NC(=O)C(F)(F)CN)[C@H]1C(=O)N2C(C(=O)O)=C(S[C@@H]3CN[C@H](C(=O)N(C)C)C3)[C@H](C)[C@H]12. The van der Waals surface area contributed by atoms with Crippen LogP contribution in [-0.2, 0) is 19.2 Å². The van der Waals surface area contributed by atoms with E-state index in [4.69, 9.17) is 5.73 Å². The summed E-state index contributed by atoms with van der Waals surface area (Å²) in [7, 11) is 3.32. The molecule has 3 heterocycles. The lowest BCUT2D eigenvalue weighted by Gasteiger charge is -2.47. The molecule has 33 heavy (non-hydrogen) atoms. The van der Waals surface area contributed by atoms with E-state index >= 15 is 0 Å². The van der Waals surface area contributed by atoms with Gasteiger partial charge in [0.1, 0.15) is 5.70 Å². The zero-order valence-corrected chi connectivity index (χ0v) is 19.6. The predicted molar refractivity (Wildman–Crippen MR) is 116 cm³/mol. The quantitative estimate of drug-likeness (QED) is 0.331. The van der Waals surface area contributed by atoms with Crippen molar-refractivity contribution < 1.29 is 33.1 Å². The molecule has 5 N–H and O–H groups in total. The molecule has 2 fully saturated rings. The summed E-state index contributed by atoms with van der Waals surface area (Å²) >= 11 is 1.33. The highest BCUT2D eigenvalue weighted by molar-refractivity contribution is 8.03. The van der Waals surface area contributed by atoms with Crippen molar-refractivity contribution in [3.8, 4) is 0 Å². The number of aliphatic carboxylic acids is 1. The smallest absolute Gasteiger partial charge is 0.353 e. The van der Waals surface area contributed by atoms with Crippen LogP contribution in [0.2, 0.25) is 0 Å². The normalized spacial score (nSPS) is 30.1. The fourth-order valence-corrected chi connectivity index (χ4v) is 6.14. The first-order chi connectivity index (χ1) is 15.3. The van der Waals surface area contributed by atoms with Crippen molar-refractivity contribution in [2.75, 3.05) is 27.2 Å². The summed E-state index contributed by atoms with van der Waals surface area (Å²) in [4.78, 5) is 52.1. The van der Waals surface area contributed by atoms with E-state index in [1.807, 2.05) is 0 Å². The van der Waals surface area contributed by atoms with Gasteiger partial charge >= 0.3 is 11.9 Å². The molecule has 13 heteroatoms. The van der Waals surface area contributed by atoms with Crippen molar-refractivity contribution in [2.45, 2.75) is 49.6 Å². The summed E-state index contributed by atoms with van der Waals surface area (Å²) in [5.41, 5.74) is 4.82. The Bertz CT molecular complexity index is 898. The number of nitrogens with two attached hydrogens (primary N) is 1. The average molecular weight is 490 g/mol. The highest BCUT2D eigenvalue weighted by Crippen LogP contribution is 2.51. The lowest BCUT2D eigenvalue weighted by molar-refractivity contribution is -0.160. The third-order valence-electron chi connectivity index (χ3n) is 6.40. The van der Waals surface area contributed by atoms with Gasteiger partial charge in [0.05, 0.1) is 24.5 Å². The maximum Gasteiger partial charge on any atom is 0.353 e. The summed E-state index contributed by atoms with van der Waals surface area (Å²) in [6.45, 7) is 2.57. The number of nitrogens with zero attached hydrogens (tertiary/aromatic N) is 2. The summed E-state index contributed by atoms with van der Waals surface area (Å²) in [6, 6.07) is -1.86. The Balaban J connectivity index is 1.75. The second-order valence-electron chi connectivity index (χ2n) is 8.87. The summed E-state index contributed by atoms with van der Waals surface area (Å²) in [6.07, 6.45) is 0.507. The van der Waals surface area contributed by atoms with Crippen LogP contribution in [0, 0.1) is 11.8 Å². The van der Waals surface area contributed by atoms with Crippen LogP contribution in [0.15, 0.2) is 10.6 Å². The van der Waals surface area contributed by atoms with Crippen LogP contribution in [-0.4, -0.2) is 95.1 Å². The van der Waals surface area contributed by atoms with Gasteiger partial charge in [-0.25, -0.2) is 4.79 Å². The number of fused-ring (bicyclic) bond motifs is 1. The fraction of sp³-hybridized carbons (Fsp3) is 0.700. The number of rotatable bonds is 8. The van der Waals surface area contributed by atoms with Gasteiger partial charge < -0.3 is 31.3 Å². The van der Waals surface area contributed by atoms with Crippen molar-refractivity contribution in [1.82, 2.24) is 20.4 Å². The van der Waals surface area contributed by atoms with Crippen LogP contribution in [0.5, 0.6) is 0 Å². The van der Waals surface area contributed by atoms with Crippen molar-refractivity contribution in [3.63, 3.8) is 0 Å². The minimum atomic E-state index is -3.76. The first-order valence-electron chi connectivity index (χ1n) is 10.6. The van der Waals surface area contributed by atoms with Gasteiger partial charge in [0.25, 0.3) is 5.91 Å². The Kier molecular flexibility index (Phi) is 7.06. The second-order valence-corrected chi connectivity index (χ2v) is 10.2. The molecule has 0 aromatic heterocycles. The van der Waals surface area contributed by atoms with Gasteiger partial charge in [-0.2, -0.15) is 8.78 Å². The largest absolute Gasteiger partial charge is 0.477 e. The number of nitrogens with one attached hydrogen (secondary N) is 2. The van der Waals surface area contributed by atoms with Crippen LogP contribution in [0.25, 0.3) is 0 Å². The number of hydrogen-bond donors (Lipinski definition) is 4. The minimum Gasteiger partial charge on any atom is -0.477 e. The fourth-order valence-electron chi connectivity index (χ4n) is 4.66. The molecule has 0 radical (unpaired) electrons. The van der Waals surface area contributed by atoms with E-state index < -0.39 is 48.3 Å². The number of carbonyl (C=O) groups excluding carboxylic acids is 3. The highest BCUT2D eigenvalue weighted by atomic mass is 32.2. The number of alkyl halides is 2. The molecule has 3 aliphatic heterocycles.